The van der Waals surface area contributed by atoms with Crippen molar-refractivity contribution in [1.29, 1.82) is 0 Å². The van der Waals surface area contributed by atoms with Crippen molar-refractivity contribution >= 4 is 23.4 Å². The molecule has 6 nitrogen and oxygen atoms in total. The average molecular weight is 395 g/mol. The second kappa shape index (κ2) is 8.55. The first-order chi connectivity index (χ1) is 13.8. The molecule has 2 atom stereocenters. The number of benzene rings is 2. The number of amides is 4. The molecule has 1 aliphatic rings. The summed E-state index contributed by atoms with van der Waals surface area (Å²) in [5.41, 5.74) is 3.57. The van der Waals surface area contributed by atoms with Crippen LogP contribution < -0.4 is 21.3 Å². The number of carbonyl (C=O) groups excluding carboxylic acids is 2. The number of aryl methyl sites for hydroxylation is 2. The zero-order valence-corrected chi connectivity index (χ0v) is 17.5. The van der Waals surface area contributed by atoms with E-state index in [9.17, 15) is 9.59 Å². The third-order valence-corrected chi connectivity index (χ3v) is 6.07. The maximum atomic E-state index is 12.4. The summed E-state index contributed by atoms with van der Waals surface area (Å²) in [5, 5.41) is 11.8. The Morgan fingerprint density at radius 3 is 1.93 bits per heavy atom. The van der Waals surface area contributed by atoms with E-state index >= 15 is 0 Å². The Morgan fingerprint density at radius 2 is 1.41 bits per heavy atom. The van der Waals surface area contributed by atoms with Crippen molar-refractivity contribution in [2.24, 2.45) is 11.3 Å². The SMILES string of the molecule is Cc1ccccc1NC(=O)NCC1CC(NC(=O)Nc2ccccc2C)C1(C)C. The molecule has 4 N–H and O–H groups in total. The molecule has 0 bridgehead atoms. The van der Waals surface area contributed by atoms with Crippen molar-refractivity contribution < 1.29 is 9.59 Å². The zero-order valence-electron chi connectivity index (χ0n) is 17.5. The fourth-order valence-electron chi connectivity index (χ4n) is 3.73. The molecule has 1 fully saturated rings. The van der Waals surface area contributed by atoms with Crippen molar-refractivity contribution in [3.8, 4) is 0 Å². The third kappa shape index (κ3) is 4.88. The molecule has 0 aromatic heterocycles. The molecular formula is C23H30N4O2. The highest BCUT2D eigenvalue weighted by atomic mass is 16.2. The fourth-order valence-corrected chi connectivity index (χ4v) is 3.73. The lowest BCUT2D eigenvalue weighted by molar-refractivity contribution is 0.0244. The zero-order chi connectivity index (χ0) is 21.0. The first kappa shape index (κ1) is 20.7. The van der Waals surface area contributed by atoms with E-state index in [1.165, 1.54) is 0 Å². The largest absolute Gasteiger partial charge is 0.338 e. The highest BCUT2D eigenvalue weighted by Gasteiger charge is 2.48. The molecule has 4 amide bonds. The van der Waals surface area contributed by atoms with Crippen molar-refractivity contribution in [2.75, 3.05) is 17.2 Å². The van der Waals surface area contributed by atoms with Gasteiger partial charge in [0, 0.05) is 24.0 Å². The van der Waals surface area contributed by atoms with Gasteiger partial charge < -0.3 is 21.3 Å². The summed E-state index contributed by atoms with van der Waals surface area (Å²) in [7, 11) is 0. The molecule has 2 aromatic carbocycles. The lowest BCUT2D eigenvalue weighted by Crippen LogP contribution is -2.61. The van der Waals surface area contributed by atoms with E-state index in [0.29, 0.717) is 12.5 Å². The summed E-state index contributed by atoms with van der Waals surface area (Å²) in [4.78, 5) is 24.6. The fraction of sp³-hybridized carbons (Fsp3) is 0.391. The van der Waals surface area contributed by atoms with Crippen molar-refractivity contribution in [2.45, 2.75) is 40.2 Å². The standard InChI is InChI=1S/C23H30N4O2/c1-15-9-5-7-11-18(15)25-21(28)24-14-17-13-20(23(17,3)4)27-22(29)26-19-12-8-6-10-16(19)2/h5-12,17,20H,13-14H2,1-4H3,(H2,24,25,28)(H2,26,27,29). The second-order valence-electron chi connectivity index (χ2n) is 8.37. The van der Waals surface area contributed by atoms with E-state index < -0.39 is 0 Å². The van der Waals surface area contributed by atoms with Crippen molar-refractivity contribution in [3.05, 3.63) is 59.7 Å². The molecule has 154 valence electrons. The molecule has 0 radical (unpaired) electrons. The van der Waals surface area contributed by atoms with Gasteiger partial charge in [-0.3, -0.25) is 0 Å². The van der Waals surface area contributed by atoms with Crippen LogP contribution in [0.25, 0.3) is 0 Å². The smallest absolute Gasteiger partial charge is 0.319 e. The quantitative estimate of drug-likeness (QED) is 0.595. The lowest BCUT2D eigenvalue weighted by Gasteiger charge is -2.52. The summed E-state index contributed by atoms with van der Waals surface area (Å²) in [6, 6.07) is 15.1. The van der Waals surface area contributed by atoms with E-state index in [2.05, 4.69) is 35.1 Å². The molecule has 0 aliphatic heterocycles. The Morgan fingerprint density at radius 1 is 0.897 bits per heavy atom. The summed E-state index contributed by atoms with van der Waals surface area (Å²) < 4.78 is 0. The predicted octanol–water partition coefficient (Wildman–Crippen LogP) is 4.66. The van der Waals surface area contributed by atoms with Gasteiger partial charge in [0.05, 0.1) is 0 Å². The van der Waals surface area contributed by atoms with Crippen molar-refractivity contribution in [3.63, 3.8) is 0 Å². The van der Waals surface area contributed by atoms with Gasteiger partial charge in [0.1, 0.15) is 0 Å². The Labute approximate surface area is 172 Å². The molecule has 29 heavy (non-hydrogen) atoms. The van der Waals surface area contributed by atoms with Crippen LogP contribution in [0.3, 0.4) is 0 Å². The Bertz CT molecular complexity index is 894. The Balaban J connectivity index is 1.45. The monoisotopic (exact) mass is 394 g/mol. The van der Waals surface area contributed by atoms with Crippen LogP contribution in [0.2, 0.25) is 0 Å². The number of carbonyl (C=O) groups is 2. The van der Waals surface area contributed by atoms with Crippen LogP contribution in [0.5, 0.6) is 0 Å². The molecule has 0 heterocycles. The average Bonchev–Trinajstić information content (AvgIpc) is 2.67. The van der Waals surface area contributed by atoms with Gasteiger partial charge in [-0.25, -0.2) is 9.59 Å². The summed E-state index contributed by atoms with van der Waals surface area (Å²) in [6.07, 6.45) is 0.832. The number of hydrogen-bond donors (Lipinski definition) is 4. The molecule has 2 unspecified atom stereocenters. The van der Waals surface area contributed by atoms with Crippen LogP contribution >= 0.6 is 0 Å². The van der Waals surface area contributed by atoms with Crippen LogP contribution in [0.4, 0.5) is 21.0 Å². The van der Waals surface area contributed by atoms with Gasteiger partial charge in [0.25, 0.3) is 0 Å². The van der Waals surface area contributed by atoms with Crippen LogP contribution in [-0.4, -0.2) is 24.6 Å². The lowest BCUT2D eigenvalue weighted by atomic mass is 9.58. The number of anilines is 2. The number of para-hydroxylation sites is 2. The maximum Gasteiger partial charge on any atom is 0.319 e. The number of urea groups is 2. The number of hydrogen-bond acceptors (Lipinski definition) is 2. The van der Waals surface area contributed by atoms with Crippen molar-refractivity contribution in [1.82, 2.24) is 10.6 Å². The minimum atomic E-state index is -0.205. The van der Waals surface area contributed by atoms with Crippen LogP contribution in [0, 0.1) is 25.2 Å². The normalized spacial score (nSPS) is 19.6. The minimum absolute atomic E-state index is 0.0674. The van der Waals surface area contributed by atoms with E-state index in [0.717, 1.165) is 28.9 Å². The van der Waals surface area contributed by atoms with E-state index in [1.807, 2.05) is 62.4 Å². The van der Waals surface area contributed by atoms with E-state index in [-0.39, 0.29) is 23.5 Å². The van der Waals surface area contributed by atoms with Gasteiger partial charge in [-0.2, -0.15) is 0 Å². The number of nitrogens with one attached hydrogen (secondary N) is 4. The Hall–Kier alpha value is -3.02. The molecule has 3 rings (SSSR count). The summed E-state index contributed by atoms with van der Waals surface area (Å²) >= 11 is 0. The third-order valence-electron chi connectivity index (χ3n) is 6.07. The van der Waals surface area contributed by atoms with Gasteiger partial charge in [0.15, 0.2) is 0 Å². The highest BCUT2D eigenvalue weighted by Crippen LogP contribution is 2.45. The first-order valence-electron chi connectivity index (χ1n) is 10.0. The van der Waals surface area contributed by atoms with Gasteiger partial charge in [-0.1, -0.05) is 50.2 Å². The minimum Gasteiger partial charge on any atom is -0.338 e. The van der Waals surface area contributed by atoms with Crippen LogP contribution in [0.15, 0.2) is 48.5 Å². The van der Waals surface area contributed by atoms with Gasteiger partial charge >= 0.3 is 12.1 Å². The molecule has 1 aliphatic carbocycles. The molecular weight excluding hydrogens is 364 g/mol. The molecule has 0 spiro atoms. The van der Waals surface area contributed by atoms with E-state index in [1.54, 1.807) is 0 Å². The number of rotatable bonds is 5. The molecule has 2 aromatic rings. The molecule has 1 saturated carbocycles. The van der Waals surface area contributed by atoms with Crippen LogP contribution in [-0.2, 0) is 0 Å². The van der Waals surface area contributed by atoms with E-state index in [4.69, 9.17) is 0 Å². The van der Waals surface area contributed by atoms with Gasteiger partial charge in [-0.15, -0.1) is 0 Å². The second-order valence-corrected chi connectivity index (χ2v) is 8.37. The van der Waals surface area contributed by atoms with Gasteiger partial charge in [0.2, 0.25) is 0 Å². The van der Waals surface area contributed by atoms with Gasteiger partial charge in [-0.05, 0) is 54.9 Å². The first-order valence-corrected chi connectivity index (χ1v) is 10.0. The molecule has 6 heteroatoms. The summed E-state index contributed by atoms with van der Waals surface area (Å²) in [5.74, 6) is 0.300. The topological polar surface area (TPSA) is 82.3 Å². The Kier molecular flexibility index (Phi) is 6.11. The predicted molar refractivity (Wildman–Crippen MR) is 117 cm³/mol. The van der Waals surface area contributed by atoms with Crippen LogP contribution in [0.1, 0.15) is 31.4 Å². The molecule has 0 saturated heterocycles. The summed E-state index contributed by atoms with van der Waals surface area (Å²) in [6.45, 7) is 8.75. The highest BCUT2D eigenvalue weighted by molar-refractivity contribution is 5.91. The maximum absolute atomic E-state index is 12.4.